The van der Waals surface area contributed by atoms with Gasteiger partial charge in [0.15, 0.2) is 35.2 Å². The average Bonchev–Trinajstić information content (AvgIpc) is 3.18. The molecule has 0 aromatic heterocycles. The summed E-state index contributed by atoms with van der Waals surface area (Å²) in [7, 11) is 10.7. The lowest BCUT2D eigenvalue weighted by Crippen LogP contribution is -2.59. The van der Waals surface area contributed by atoms with Crippen LogP contribution in [0.15, 0.2) is 54.6 Å². The zero-order chi connectivity index (χ0) is 39.2. The number of rotatable bonds is 11. The molecular weight excluding hydrogens is 716 g/mol. The molecule has 55 heavy (non-hydrogen) atoms. The Hall–Kier alpha value is -6.18. The van der Waals surface area contributed by atoms with Crippen LogP contribution in [0, 0.1) is 0 Å². The molecule has 0 spiro atoms. The second kappa shape index (κ2) is 14.6. The fourth-order valence-electron chi connectivity index (χ4n) is 7.74. The molecular formula is C41H42O14. The number of ether oxygens (including phenoxy) is 12. The maximum absolute atomic E-state index is 13.2. The second-order valence-electron chi connectivity index (χ2n) is 13.0. The summed E-state index contributed by atoms with van der Waals surface area (Å²) in [6.07, 6.45) is -2.60. The average molecular weight is 759 g/mol. The van der Waals surface area contributed by atoms with E-state index in [1.54, 1.807) is 55.6 Å². The van der Waals surface area contributed by atoms with Crippen molar-refractivity contribution in [1.29, 1.82) is 0 Å². The van der Waals surface area contributed by atoms with Gasteiger partial charge in [-0.25, -0.2) is 0 Å². The molecule has 0 aliphatic carbocycles. The molecule has 0 amide bonds. The minimum atomic E-state index is -1.80. The van der Waals surface area contributed by atoms with Gasteiger partial charge < -0.3 is 56.8 Å². The molecule has 290 valence electrons. The lowest BCUT2D eigenvalue weighted by Gasteiger charge is -2.51. The number of methoxy groups -OCH3 is 7. The van der Waals surface area contributed by atoms with Gasteiger partial charge in [-0.05, 0) is 30.3 Å². The molecule has 3 aliphatic rings. The molecule has 3 heterocycles. The third-order valence-corrected chi connectivity index (χ3v) is 10.0. The van der Waals surface area contributed by atoms with Gasteiger partial charge in [-0.15, -0.1) is 0 Å². The van der Waals surface area contributed by atoms with Gasteiger partial charge in [0.2, 0.25) is 0 Å². The molecule has 14 heteroatoms. The van der Waals surface area contributed by atoms with Crippen LogP contribution in [0.3, 0.4) is 0 Å². The van der Waals surface area contributed by atoms with Gasteiger partial charge in [-0.1, -0.05) is 6.07 Å². The minimum Gasteiger partial charge on any atom is -0.496 e. The smallest absolute Gasteiger partial charge is 0.316 e. The highest BCUT2D eigenvalue weighted by atomic mass is 16.7. The zero-order valence-corrected chi connectivity index (χ0v) is 31.9. The molecule has 14 nitrogen and oxygen atoms in total. The van der Waals surface area contributed by atoms with Gasteiger partial charge in [-0.3, -0.25) is 9.59 Å². The van der Waals surface area contributed by atoms with Crippen molar-refractivity contribution in [1.82, 2.24) is 0 Å². The number of carbonyl (C=O) groups excluding carboxylic acids is 2. The molecule has 0 fully saturated rings. The van der Waals surface area contributed by atoms with Crippen molar-refractivity contribution in [2.75, 3.05) is 49.8 Å². The Morgan fingerprint density at radius 1 is 0.618 bits per heavy atom. The van der Waals surface area contributed by atoms with Crippen LogP contribution in [0.4, 0.5) is 0 Å². The van der Waals surface area contributed by atoms with E-state index >= 15 is 0 Å². The maximum Gasteiger partial charge on any atom is 0.316 e. The highest BCUT2D eigenvalue weighted by Crippen LogP contribution is 2.63. The molecule has 4 aromatic carbocycles. The summed E-state index contributed by atoms with van der Waals surface area (Å²) in [5, 5.41) is 0. The van der Waals surface area contributed by atoms with Gasteiger partial charge in [-0.2, -0.15) is 0 Å². The molecule has 2 bridgehead atoms. The number of hydrogen-bond donors (Lipinski definition) is 0. The van der Waals surface area contributed by atoms with Crippen LogP contribution in [0.1, 0.15) is 53.7 Å². The molecule has 5 atom stereocenters. The largest absolute Gasteiger partial charge is 0.496 e. The van der Waals surface area contributed by atoms with Crippen molar-refractivity contribution >= 4 is 11.9 Å². The van der Waals surface area contributed by atoms with Crippen LogP contribution in [-0.2, 0) is 31.3 Å². The number of hydrogen-bond acceptors (Lipinski definition) is 14. The monoisotopic (exact) mass is 758 g/mol. The van der Waals surface area contributed by atoms with Gasteiger partial charge in [0.25, 0.3) is 0 Å². The highest BCUT2D eigenvalue weighted by Gasteiger charge is 2.62. The Morgan fingerprint density at radius 3 is 1.82 bits per heavy atom. The van der Waals surface area contributed by atoms with E-state index in [9.17, 15) is 9.59 Å². The molecule has 7 rings (SSSR count). The van der Waals surface area contributed by atoms with Gasteiger partial charge >= 0.3 is 17.7 Å². The minimum absolute atomic E-state index is 0.194. The Morgan fingerprint density at radius 2 is 1.22 bits per heavy atom. The zero-order valence-electron chi connectivity index (χ0n) is 31.9. The Bertz CT molecular complexity index is 2150. The Labute approximate surface area is 317 Å². The summed E-state index contributed by atoms with van der Waals surface area (Å²) in [6.45, 7) is 2.66. The van der Waals surface area contributed by atoms with Crippen LogP contribution >= 0.6 is 0 Å². The molecule has 0 saturated carbocycles. The SMILES string of the molecule is COc1cc(OC)c2c(c1)O[C@]1(c3ccc(OC)c(OC)c3)Oc3cc(OC)c4c(c3[C@H]2[C@@H]1OC(C)=O)O[C@H](c1ccc(OC)c(OC)c1)[C@@H](OC(C)=O)C4. The lowest BCUT2D eigenvalue weighted by molar-refractivity contribution is -0.232. The number of benzene rings is 4. The van der Waals surface area contributed by atoms with Crippen molar-refractivity contribution in [2.45, 2.75) is 50.3 Å². The first kappa shape index (κ1) is 37.1. The second-order valence-corrected chi connectivity index (χ2v) is 13.0. The van der Waals surface area contributed by atoms with Crippen molar-refractivity contribution in [3.05, 3.63) is 82.4 Å². The Balaban J connectivity index is 1.54. The summed E-state index contributed by atoms with van der Waals surface area (Å²) in [5.74, 6) is 0.415. The van der Waals surface area contributed by atoms with E-state index in [1.807, 2.05) is 6.07 Å². The number of fused-ring (bicyclic) bond motifs is 8. The van der Waals surface area contributed by atoms with Crippen molar-refractivity contribution in [3.63, 3.8) is 0 Å². The lowest BCUT2D eigenvalue weighted by atomic mass is 9.74. The van der Waals surface area contributed by atoms with E-state index in [0.717, 1.165) is 0 Å². The van der Waals surface area contributed by atoms with E-state index in [1.165, 1.54) is 56.5 Å². The fraction of sp³-hybridized carbons (Fsp3) is 0.366. The van der Waals surface area contributed by atoms with E-state index in [2.05, 4.69) is 0 Å². The van der Waals surface area contributed by atoms with E-state index < -0.39 is 42.0 Å². The van der Waals surface area contributed by atoms with Crippen LogP contribution in [-0.4, -0.2) is 73.9 Å². The maximum atomic E-state index is 13.2. The van der Waals surface area contributed by atoms with E-state index in [4.69, 9.17) is 56.8 Å². The van der Waals surface area contributed by atoms with Gasteiger partial charge in [0.05, 0.1) is 55.7 Å². The number of carbonyl (C=O) groups is 2. The van der Waals surface area contributed by atoms with Crippen molar-refractivity contribution in [3.8, 4) is 57.5 Å². The van der Waals surface area contributed by atoms with E-state index in [-0.39, 0.29) is 6.42 Å². The van der Waals surface area contributed by atoms with Crippen molar-refractivity contribution < 1.29 is 66.4 Å². The third-order valence-electron chi connectivity index (χ3n) is 10.0. The molecule has 0 saturated heterocycles. The van der Waals surface area contributed by atoms with Gasteiger partial charge in [0, 0.05) is 66.3 Å². The topological polar surface area (TPSA) is 145 Å². The first-order valence-electron chi connectivity index (χ1n) is 17.4. The van der Waals surface area contributed by atoms with Gasteiger partial charge in [0.1, 0.15) is 40.6 Å². The molecule has 0 N–H and O–H groups in total. The Kier molecular flexibility index (Phi) is 9.84. The summed E-state index contributed by atoms with van der Waals surface area (Å²) in [4.78, 5) is 25.7. The highest BCUT2D eigenvalue weighted by molar-refractivity contribution is 5.72. The van der Waals surface area contributed by atoms with Crippen LogP contribution in [0.25, 0.3) is 0 Å². The predicted octanol–water partition coefficient (Wildman–Crippen LogP) is 6.06. The number of esters is 2. The molecule has 0 unspecified atom stereocenters. The molecule has 0 radical (unpaired) electrons. The molecule has 3 aliphatic heterocycles. The molecule has 4 aromatic rings. The standard InChI is InChI=1S/C41H42O14/c1-20(42)51-34-18-25-28(47-6)19-33-36(39(25)53-38(34)22-10-12-26(45-4)29(14-22)48-7)37-35-31(50-9)16-24(44-3)17-32(35)54-41(55-33,40(37)52-21(2)43)23-11-13-27(46-5)30(15-23)49-8/h10-17,19,34,37-38,40H,18H2,1-9H3/t34-,37-,38+,40-,41+/m0/s1. The summed E-state index contributed by atoms with van der Waals surface area (Å²) >= 11 is 0. The van der Waals surface area contributed by atoms with Crippen LogP contribution in [0.5, 0.6) is 57.5 Å². The van der Waals surface area contributed by atoms with Crippen LogP contribution < -0.4 is 47.4 Å². The summed E-state index contributed by atoms with van der Waals surface area (Å²) in [5.41, 5.74) is 2.78. The normalized spacial score (nSPS) is 21.4. The third kappa shape index (κ3) is 6.15. The van der Waals surface area contributed by atoms with Crippen molar-refractivity contribution in [2.24, 2.45) is 0 Å². The first-order valence-corrected chi connectivity index (χ1v) is 17.4. The van der Waals surface area contributed by atoms with Crippen LogP contribution in [0.2, 0.25) is 0 Å². The predicted molar refractivity (Wildman–Crippen MR) is 195 cm³/mol. The fourth-order valence-corrected chi connectivity index (χ4v) is 7.74. The first-order chi connectivity index (χ1) is 26.5. The van der Waals surface area contributed by atoms with E-state index in [0.29, 0.717) is 85.3 Å². The summed E-state index contributed by atoms with van der Waals surface area (Å²) < 4.78 is 73.0. The quantitative estimate of drug-likeness (QED) is 0.164. The summed E-state index contributed by atoms with van der Waals surface area (Å²) in [6, 6.07) is 15.7.